The fraction of sp³-hybridized carbons (Fsp3) is 0.409. The van der Waals surface area contributed by atoms with E-state index in [1.807, 2.05) is 36.4 Å². The number of likely N-dealkylation sites (tertiary alicyclic amines) is 1. The molecule has 0 aromatic heterocycles. The third-order valence-corrected chi connectivity index (χ3v) is 4.98. The van der Waals surface area contributed by atoms with Crippen LogP contribution >= 0.6 is 0 Å². The van der Waals surface area contributed by atoms with Gasteiger partial charge in [-0.3, -0.25) is 9.69 Å². The van der Waals surface area contributed by atoms with Crippen molar-refractivity contribution in [3.05, 3.63) is 65.2 Å². The predicted molar refractivity (Wildman–Crippen MR) is 104 cm³/mol. The molecule has 26 heavy (non-hydrogen) atoms. The molecule has 1 fully saturated rings. The zero-order valence-electron chi connectivity index (χ0n) is 15.7. The molecular weight excluding hydrogens is 324 g/mol. The van der Waals surface area contributed by atoms with E-state index in [2.05, 4.69) is 29.3 Å². The van der Waals surface area contributed by atoms with Crippen LogP contribution in [0.3, 0.4) is 0 Å². The fourth-order valence-electron chi connectivity index (χ4n) is 3.48. The monoisotopic (exact) mass is 352 g/mol. The van der Waals surface area contributed by atoms with E-state index < -0.39 is 0 Å². The molecule has 4 heteroatoms. The Hall–Kier alpha value is -2.33. The Morgan fingerprint density at radius 3 is 2.46 bits per heavy atom. The van der Waals surface area contributed by atoms with Gasteiger partial charge < -0.3 is 10.1 Å². The van der Waals surface area contributed by atoms with Gasteiger partial charge >= 0.3 is 0 Å². The fourth-order valence-corrected chi connectivity index (χ4v) is 3.48. The molecule has 1 amide bonds. The van der Waals surface area contributed by atoms with Crippen LogP contribution in [0.15, 0.2) is 48.5 Å². The molecule has 3 rings (SSSR count). The molecule has 1 aliphatic rings. The molecule has 1 atom stereocenters. The summed E-state index contributed by atoms with van der Waals surface area (Å²) in [6.07, 6.45) is 2.62. The Labute approximate surface area is 156 Å². The number of ether oxygens (including phenoxy) is 1. The number of piperidine rings is 1. The van der Waals surface area contributed by atoms with E-state index in [1.165, 1.54) is 31.5 Å². The maximum absolute atomic E-state index is 12.3. The number of carbonyl (C=O) groups is 1. The number of hydrogen-bond acceptors (Lipinski definition) is 3. The minimum absolute atomic E-state index is 0.0426. The Morgan fingerprint density at radius 2 is 1.81 bits per heavy atom. The summed E-state index contributed by atoms with van der Waals surface area (Å²) in [5.41, 5.74) is 3.02. The van der Waals surface area contributed by atoms with E-state index in [4.69, 9.17) is 4.74 Å². The van der Waals surface area contributed by atoms with Gasteiger partial charge in [0, 0.05) is 25.2 Å². The lowest BCUT2D eigenvalue weighted by Crippen LogP contribution is -2.33. The van der Waals surface area contributed by atoms with Crippen molar-refractivity contribution >= 4 is 5.91 Å². The van der Waals surface area contributed by atoms with Crippen molar-refractivity contribution in [2.75, 3.05) is 20.2 Å². The Morgan fingerprint density at radius 1 is 1.12 bits per heavy atom. The van der Waals surface area contributed by atoms with Crippen LogP contribution in [0.2, 0.25) is 0 Å². The van der Waals surface area contributed by atoms with Crippen LogP contribution in [-0.4, -0.2) is 31.0 Å². The maximum Gasteiger partial charge on any atom is 0.251 e. The molecule has 1 heterocycles. The van der Waals surface area contributed by atoms with Crippen molar-refractivity contribution in [1.29, 1.82) is 0 Å². The predicted octanol–water partition coefficient (Wildman–Crippen LogP) is 3.86. The van der Waals surface area contributed by atoms with E-state index in [9.17, 15) is 4.79 Å². The summed E-state index contributed by atoms with van der Waals surface area (Å²) in [7, 11) is 1.65. The number of nitrogens with zero attached hydrogens (tertiary/aromatic N) is 1. The molecule has 1 aliphatic heterocycles. The summed E-state index contributed by atoms with van der Waals surface area (Å²) < 4.78 is 5.14. The Balaban J connectivity index is 1.51. The minimum Gasteiger partial charge on any atom is -0.497 e. The summed E-state index contributed by atoms with van der Waals surface area (Å²) >= 11 is 0. The number of carbonyl (C=O) groups excluding carboxylic acids is 1. The molecule has 0 aliphatic carbocycles. The van der Waals surface area contributed by atoms with Crippen LogP contribution in [0.5, 0.6) is 5.75 Å². The maximum atomic E-state index is 12.3. The number of rotatable bonds is 6. The average Bonchev–Trinajstić information content (AvgIpc) is 2.67. The normalized spacial score (nSPS) is 17.7. The zero-order chi connectivity index (χ0) is 18.4. The highest BCUT2D eigenvalue weighted by Crippen LogP contribution is 2.18. The first kappa shape index (κ1) is 18.5. The van der Waals surface area contributed by atoms with E-state index in [1.54, 1.807) is 7.11 Å². The van der Waals surface area contributed by atoms with Crippen LogP contribution in [0.4, 0.5) is 0 Å². The highest BCUT2D eigenvalue weighted by atomic mass is 16.5. The van der Waals surface area contributed by atoms with Crippen LogP contribution in [-0.2, 0) is 13.1 Å². The van der Waals surface area contributed by atoms with Gasteiger partial charge in [0.15, 0.2) is 0 Å². The Bertz CT molecular complexity index is 710. The molecule has 1 saturated heterocycles. The Kier molecular flexibility index (Phi) is 6.29. The number of benzene rings is 2. The zero-order valence-corrected chi connectivity index (χ0v) is 15.7. The quantitative estimate of drug-likeness (QED) is 0.858. The lowest BCUT2D eigenvalue weighted by atomic mass is 9.99. The second-order valence-electron chi connectivity index (χ2n) is 7.21. The number of methoxy groups -OCH3 is 1. The van der Waals surface area contributed by atoms with Gasteiger partial charge in [0.25, 0.3) is 5.91 Å². The highest BCUT2D eigenvalue weighted by molar-refractivity contribution is 5.94. The van der Waals surface area contributed by atoms with Gasteiger partial charge in [-0.2, -0.15) is 0 Å². The van der Waals surface area contributed by atoms with Gasteiger partial charge in [0.1, 0.15) is 5.75 Å². The van der Waals surface area contributed by atoms with Crippen LogP contribution < -0.4 is 10.1 Å². The first-order valence-corrected chi connectivity index (χ1v) is 9.36. The summed E-state index contributed by atoms with van der Waals surface area (Å²) in [5.74, 6) is 1.56. The molecule has 138 valence electrons. The van der Waals surface area contributed by atoms with Crippen LogP contribution in [0.1, 0.15) is 41.3 Å². The van der Waals surface area contributed by atoms with Crippen molar-refractivity contribution < 1.29 is 9.53 Å². The van der Waals surface area contributed by atoms with E-state index in [-0.39, 0.29) is 5.91 Å². The van der Waals surface area contributed by atoms with E-state index in [0.717, 1.165) is 23.8 Å². The second kappa shape index (κ2) is 8.86. The lowest BCUT2D eigenvalue weighted by Gasteiger charge is -2.30. The molecule has 4 nitrogen and oxygen atoms in total. The largest absolute Gasteiger partial charge is 0.497 e. The molecule has 0 spiro atoms. The van der Waals surface area contributed by atoms with E-state index >= 15 is 0 Å². The van der Waals surface area contributed by atoms with Gasteiger partial charge in [-0.05, 0) is 60.7 Å². The highest BCUT2D eigenvalue weighted by Gasteiger charge is 2.16. The smallest absolute Gasteiger partial charge is 0.251 e. The van der Waals surface area contributed by atoms with Gasteiger partial charge in [0.05, 0.1) is 7.11 Å². The van der Waals surface area contributed by atoms with Gasteiger partial charge in [-0.25, -0.2) is 0 Å². The first-order chi connectivity index (χ1) is 12.6. The van der Waals surface area contributed by atoms with Crippen LogP contribution in [0.25, 0.3) is 0 Å². The number of hydrogen-bond donors (Lipinski definition) is 1. The molecule has 1 N–H and O–H groups in total. The first-order valence-electron chi connectivity index (χ1n) is 9.36. The average molecular weight is 352 g/mol. The summed E-state index contributed by atoms with van der Waals surface area (Å²) in [6, 6.07) is 15.7. The summed E-state index contributed by atoms with van der Waals surface area (Å²) in [4.78, 5) is 14.8. The van der Waals surface area contributed by atoms with Crippen molar-refractivity contribution in [1.82, 2.24) is 10.2 Å². The van der Waals surface area contributed by atoms with Crippen molar-refractivity contribution in [3.8, 4) is 5.75 Å². The summed E-state index contributed by atoms with van der Waals surface area (Å²) in [6.45, 7) is 6.15. The third kappa shape index (κ3) is 5.09. The molecule has 0 bridgehead atoms. The van der Waals surface area contributed by atoms with Gasteiger partial charge in [-0.1, -0.05) is 31.2 Å². The molecule has 0 radical (unpaired) electrons. The van der Waals surface area contributed by atoms with Gasteiger partial charge in [-0.15, -0.1) is 0 Å². The van der Waals surface area contributed by atoms with Crippen LogP contribution in [0, 0.1) is 5.92 Å². The SMILES string of the molecule is COc1ccc(CNC(=O)c2ccc(CN3CCCC(C)C3)cc2)cc1. The van der Waals surface area contributed by atoms with Crippen molar-refractivity contribution in [2.24, 2.45) is 5.92 Å². The number of nitrogens with one attached hydrogen (secondary N) is 1. The minimum atomic E-state index is -0.0426. The molecule has 2 aromatic carbocycles. The topological polar surface area (TPSA) is 41.6 Å². The van der Waals surface area contributed by atoms with Crippen molar-refractivity contribution in [2.45, 2.75) is 32.9 Å². The van der Waals surface area contributed by atoms with Gasteiger partial charge in [0.2, 0.25) is 0 Å². The molecular formula is C22H28N2O2. The molecule has 0 saturated carbocycles. The molecule has 1 unspecified atom stereocenters. The lowest BCUT2D eigenvalue weighted by molar-refractivity contribution is 0.0951. The second-order valence-corrected chi connectivity index (χ2v) is 7.21. The summed E-state index contributed by atoms with van der Waals surface area (Å²) in [5, 5.41) is 2.97. The molecule has 2 aromatic rings. The third-order valence-electron chi connectivity index (χ3n) is 4.98. The number of amides is 1. The van der Waals surface area contributed by atoms with E-state index in [0.29, 0.717) is 12.1 Å². The van der Waals surface area contributed by atoms with Crippen molar-refractivity contribution in [3.63, 3.8) is 0 Å². The standard InChI is InChI=1S/C22H28N2O2/c1-17-4-3-13-24(15-17)16-19-5-9-20(10-6-19)22(25)23-14-18-7-11-21(26-2)12-8-18/h5-12,17H,3-4,13-16H2,1-2H3,(H,23,25).